The molecule has 3 aromatic rings. The number of likely N-dealkylation sites (tertiary alicyclic amines) is 1. The van der Waals surface area contributed by atoms with Crippen molar-refractivity contribution in [1.82, 2.24) is 10.2 Å². The second kappa shape index (κ2) is 8.73. The molecule has 2 aliphatic rings. The summed E-state index contributed by atoms with van der Waals surface area (Å²) in [6.07, 6.45) is 3.39. The van der Waals surface area contributed by atoms with Crippen molar-refractivity contribution in [3.05, 3.63) is 59.2 Å². The third-order valence-electron chi connectivity index (χ3n) is 6.65. The van der Waals surface area contributed by atoms with E-state index in [4.69, 9.17) is 13.6 Å². The first kappa shape index (κ1) is 21.2. The summed E-state index contributed by atoms with van der Waals surface area (Å²) >= 11 is 0. The Kier molecular flexibility index (Phi) is 5.80. The van der Waals surface area contributed by atoms with E-state index in [0.717, 1.165) is 61.6 Å². The Morgan fingerprint density at radius 2 is 2.03 bits per heavy atom. The lowest BCUT2D eigenvalue weighted by atomic mass is 9.84. The molecule has 0 radical (unpaired) electrons. The Morgan fingerprint density at radius 3 is 2.75 bits per heavy atom. The molecule has 7 nitrogen and oxygen atoms in total. The fourth-order valence-corrected chi connectivity index (χ4v) is 4.70. The molecule has 0 saturated carbocycles. The molecule has 32 heavy (non-hydrogen) atoms. The van der Waals surface area contributed by atoms with E-state index in [-0.39, 0.29) is 17.8 Å². The van der Waals surface area contributed by atoms with Gasteiger partial charge in [0.25, 0.3) is 5.91 Å². The van der Waals surface area contributed by atoms with E-state index in [1.807, 2.05) is 37.3 Å². The summed E-state index contributed by atoms with van der Waals surface area (Å²) < 4.78 is 17.0. The second-order valence-electron chi connectivity index (χ2n) is 9.03. The average molecular weight is 439 g/mol. The maximum atomic E-state index is 12.5. The molecule has 2 fully saturated rings. The number of hydrogen-bond donors (Lipinski definition) is 2. The molecule has 7 heteroatoms. The number of carbonyl (C=O) groups excluding carboxylic acids is 1. The highest BCUT2D eigenvalue weighted by atomic mass is 16.5. The fourth-order valence-electron chi connectivity index (χ4n) is 4.70. The van der Waals surface area contributed by atoms with Crippen molar-refractivity contribution < 1.29 is 23.5 Å². The monoisotopic (exact) mass is 438 g/mol. The predicted molar refractivity (Wildman–Crippen MR) is 119 cm³/mol. The predicted octanol–water partition coefficient (Wildman–Crippen LogP) is 3.73. The molecule has 2 N–H and O–H groups in total. The number of carbonyl (C=O) groups is 1. The lowest BCUT2D eigenvalue weighted by molar-refractivity contribution is -0.0288. The third-order valence-corrected chi connectivity index (χ3v) is 6.65. The van der Waals surface area contributed by atoms with Gasteiger partial charge in [-0.1, -0.05) is 6.07 Å². The smallest absolute Gasteiger partial charge is 0.287 e. The topological polar surface area (TPSA) is 88.1 Å². The number of aliphatic hydroxyl groups is 1. The molecule has 4 heterocycles. The van der Waals surface area contributed by atoms with E-state index in [9.17, 15) is 9.90 Å². The number of fused-ring (bicyclic) bond motifs is 1. The molecule has 2 aromatic heterocycles. The zero-order chi connectivity index (χ0) is 22.1. The summed E-state index contributed by atoms with van der Waals surface area (Å²) in [5.41, 5.74) is 0.624. The lowest BCUT2D eigenvalue weighted by Gasteiger charge is -2.38. The van der Waals surface area contributed by atoms with Crippen molar-refractivity contribution in [2.45, 2.75) is 50.9 Å². The Balaban J connectivity index is 1.23. The van der Waals surface area contributed by atoms with Gasteiger partial charge in [-0.15, -0.1) is 0 Å². The number of nitrogens with one attached hydrogen (secondary N) is 1. The van der Waals surface area contributed by atoms with Crippen LogP contribution in [0.15, 0.2) is 45.2 Å². The molecule has 0 spiro atoms. The number of ether oxygens (including phenoxy) is 1. The molecule has 1 amide bonds. The van der Waals surface area contributed by atoms with Gasteiger partial charge >= 0.3 is 0 Å². The number of aryl methyl sites for hydroxylation is 1. The molecule has 0 aliphatic carbocycles. The maximum absolute atomic E-state index is 12.5. The number of furan rings is 2. The number of rotatable bonds is 6. The summed E-state index contributed by atoms with van der Waals surface area (Å²) in [5.74, 6) is 1.92. The number of amides is 1. The fraction of sp³-hybridized carbons (Fsp3) is 0.480. The molecule has 1 atom stereocenters. The second-order valence-corrected chi connectivity index (χ2v) is 9.03. The van der Waals surface area contributed by atoms with Crippen LogP contribution in [0, 0.1) is 6.92 Å². The minimum absolute atomic E-state index is 0.0897. The first-order valence-corrected chi connectivity index (χ1v) is 11.4. The summed E-state index contributed by atoms with van der Waals surface area (Å²) in [5, 5.41) is 15.1. The summed E-state index contributed by atoms with van der Waals surface area (Å²) in [4.78, 5) is 14.8. The molecule has 5 rings (SSSR count). The van der Waals surface area contributed by atoms with E-state index >= 15 is 0 Å². The molecule has 0 bridgehead atoms. The SMILES string of the molecule is Cc1ccc(CN2CCC(O)(c3ccc4oc(C(=O)NCC5CCCO5)cc4c3)CC2)o1. The quantitative estimate of drug-likeness (QED) is 0.610. The first-order chi connectivity index (χ1) is 15.5. The van der Waals surface area contributed by atoms with E-state index in [2.05, 4.69) is 10.2 Å². The summed E-state index contributed by atoms with van der Waals surface area (Å²) in [6, 6.07) is 11.4. The zero-order valence-corrected chi connectivity index (χ0v) is 18.4. The standard InChI is InChI=1S/C25H30N2O5/c1-17-4-6-21(31-17)16-27-10-8-25(29,9-11-27)19-5-7-22-18(13-19)14-23(32-22)24(28)26-15-20-3-2-12-30-20/h4-7,13-14,20,29H,2-3,8-12,15-16H2,1H3,(H,26,28). The van der Waals surface area contributed by atoms with Crippen LogP contribution in [0.4, 0.5) is 0 Å². The van der Waals surface area contributed by atoms with E-state index in [1.54, 1.807) is 6.07 Å². The number of hydrogen-bond acceptors (Lipinski definition) is 6. The van der Waals surface area contributed by atoms with Gasteiger partial charge in [-0.05, 0) is 68.5 Å². The van der Waals surface area contributed by atoms with Crippen LogP contribution >= 0.6 is 0 Å². The van der Waals surface area contributed by atoms with Crippen LogP contribution in [0.3, 0.4) is 0 Å². The molecule has 170 valence electrons. The van der Waals surface area contributed by atoms with Crippen molar-refractivity contribution in [1.29, 1.82) is 0 Å². The van der Waals surface area contributed by atoms with E-state index in [0.29, 0.717) is 25.0 Å². The van der Waals surface area contributed by atoms with Crippen LogP contribution in [-0.4, -0.2) is 48.3 Å². The van der Waals surface area contributed by atoms with Gasteiger partial charge in [0, 0.05) is 31.6 Å². The minimum atomic E-state index is -0.886. The van der Waals surface area contributed by atoms with Gasteiger partial charge in [0.05, 0.1) is 18.2 Å². The molecular formula is C25H30N2O5. The van der Waals surface area contributed by atoms with Gasteiger partial charge < -0.3 is 24.0 Å². The average Bonchev–Trinajstić information content (AvgIpc) is 3.54. The van der Waals surface area contributed by atoms with E-state index < -0.39 is 5.60 Å². The van der Waals surface area contributed by atoms with Crippen molar-refractivity contribution in [3.63, 3.8) is 0 Å². The van der Waals surface area contributed by atoms with Gasteiger partial charge in [0.1, 0.15) is 17.1 Å². The Labute approximate surface area is 187 Å². The van der Waals surface area contributed by atoms with E-state index in [1.165, 1.54) is 0 Å². The van der Waals surface area contributed by atoms with Gasteiger partial charge in [0.15, 0.2) is 5.76 Å². The number of piperidine rings is 1. The highest BCUT2D eigenvalue weighted by molar-refractivity contribution is 5.96. The van der Waals surface area contributed by atoms with Crippen LogP contribution in [0.5, 0.6) is 0 Å². The highest BCUT2D eigenvalue weighted by Crippen LogP contribution is 2.35. The molecule has 1 aromatic carbocycles. The molecule has 2 saturated heterocycles. The van der Waals surface area contributed by atoms with Crippen LogP contribution in [0.25, 0.3) is 11.0 Å². The van der Waals surface area contributed by atoms with Crippen LogP contribution in [0.2, 0.25) is 0 Å². The summed E-state index contributed by atoms with van der Waals surface area (Å²) in [7, 11) is 0. The van der Waals surface area contributed by atoms with Crippen LogP contribution < -0.4 is 5.32 Å². The van der Waals surface area contributed by atoms with Crippen molar-refractivity contribution >= 4 is 16.9 Å². The molecule has 1 unspecified atom stereocenters. The van der Waals surface area contributed by atoms with Crippen LogP contribution in [0.1, 0.15) is 53.3 Å². The number of benzene rings is 1. The minimum Gasteiger partial charge on any atom is -0.465 e. The largest absolute Gasteiger partial charge is 0.465 e. The Morgan fingerprint density at radius 1 is 1.19 bits per heavy atom. The first-order valence-electron chi connectivity index (χ1n) is 11.4. The highest BCUT2D eigenvalue weighted by Gasteiger charge is 2.34. The van der Waals surface area contributed by atoms with Gasteiger partial charge in [-0.3, -0.25) is 9.69 Å². The van der Waals surface area contributed by atoms with Crippen molar-refractivity contribution in [2.75, 3.05) is 26.2 Å². The van der Waals surface area contributed by atoms with Crippen LogP contribution in [-0.2, 0) is 16.9 Å². The molecular weight excluding hydrogens is 408 g/mol. The van der Waals surface area contributed by atoms with Crippen molar-refractivity contribution in [2.24, 2.45) is 0 Å². The van der Waals surface area contributed by atoms with Gasteiger partial charge in [-0.25, -0.2) is 0 Å². The normalized spacial score (nSPS) is 21.2. The van der Waals surface area contributed by atoms with Gasteiger partial charge in [0.2, 0.25) is 0 Å². The lowest BCUT2D eigenvalue weighted by Crippen LogP contribution is -2.42. The number of nitrogens with zero attached hydrogens (tertiary/aromatic N) is 1. The Bertz CT molecular complexity index is 1090. The molecule has 2 aliphatic heterocycles. The third kappa shape index (κ3) is 4.46. The van der Waals surface area contributed by atoms with Gasteiger partial charge in [-0.2, -0.15) is 0 Å². The summed E-state index contributed by atoms with van der Waals surface area (Å²) in [6.45, 7) is 5.54. The zero-order valence-electron chi connectivity index (χ0n) is 18.4. The van der Waals surface area contributed by atoms with Crippen molar-refractivity contribution in [3.8, 4) is 0 Å². The Hall–Kier alpha value is -2.61. The maximum Gasteiger partial charge on any atom is 0.287 e.